The van der Waals surface area contributed by atoms with Crippen LogP contribution in [0.3, 0.4) is 0 Å². The molecular weight excluding hydrogens is 158 g/mol. The van der Waals surface area contributed by atoms with E-state index in [1.165, 1.54) is 0 Å². The predicted molar refractivity (Wildman–Crippen MR) is 44.1 cm³/mol. The minimum Gasteiger partial charge on any atom is -0.481 e. The van der Waals surface area contributed by atoms with E-state index >= 15 is 0 Å². The maximum atomic E-state index is 10.4. The zero-order valence-corrected chi connectivity index (χ0v) is 7.49. The van der Waals surface area contributed by atoms with Crippen molar-refractivity contribution in [1.82, 2.24) is 4.90 Å². The maximum Gasteiger partial charge on any atom is 0.304 e. The summed E-state index contributed by atoms with van der Waals surface area (Å²) in [4.78, 5) is 12.5. The van der Waals surface area contributed by atoms with E-state index in [-0.39, 0.29) is 12.5 Å². The average Bonchev–Trinajstić information content (AvgIpc) is 1.81. The van der Waals surface area contributed by atoms with Gasteiger partial charge in [-0.15, -0.1) is 0 Å². The highest BCUT2D eigenvalue weighted by atomic mass is 16.5. The SMILES string of the molecule is CC(CC(=O)O)N(C)C1COC1. The molecular formula is C8H15NO3. The third-order valence-corrected chi connectivity index (χ3v) is 2.36. The van der Waals surface area contributed by atoms with Crippen molar-refractivity contribution in [3.63, 3.8) is 0 Å². The van der Waals surface area contributed by atoms with Crippen LogP contribution in [0.2, 0.25) is 0 Å². The first kappa shape index (κ1) is 9.48. The van der Waals surface area contributed by atoms with Crippen molar-refractivity contribution >= 4 is 5.97 Å². The van der Waals surface area contributed by atoms with Crippen molar-refractivity contribution < 1.29 is 14.6 Å². The second-order valence-corrected chi connectivity index (χ2v) is 3.30. The van der Waals surface area contributed by atoms with Crippen molar-refractivity contribution in [2.45, 2.75) is 25.4 Å². The lowest BCUT2D eigenvalue weighted by molar-refractivity contribution is -0.139. The highest BCUT2D eigenvalue weighted by Gasteiger charge is 2.27. The molecule has 12 heavy (non-hydrogen) atoms. The fraction of sp³-hybridized carbons (Fsp3) is 0.875. The van der Waals surface area contributed by atoms with E-state index in [9.17, 15) is 4.79 Å². The molecule has 1 aliphatic rings. The summed E-state index contributed by atoms with van der Waals surface area (Å²) in [5.74, 6) is -0.741. The molecule has 1 N–H and O–H groups in total. The molecule has 0 aromatic heterocycles. The summed E-state index contributed by atoms with van der Waals surface area (Å²) in [6, 6.07) is 0.510. The Labute approximate surface area is 72.1 Å². The summed E-state index contributed by atoms with van der Waals surface area (Å²) in [7, 11) is 1.95. The number of hydrogen-bond acceptors (Lipinski definition) is 3. The van der Waals surface area contributed by atoms with Crippen LogP contribution < -0.4 is 0 Å². The average molecular weight is 173 g/mol. The minimum atomic E-state index is -0.741. The standard InChI is InChI=1S/C8H15NO3/c1-6(3-8(10)11)9(2)7-4-12-5-7/h6-7H,3-5H2,1-2H3,(H,10,11). The molecule has 0 amide bonds. The summed E-state index contributed by atoms with van der Waals surface area (Å²) in [6.07, 6.45) is 0.201. The first-order chi connectivity index (χ1) is 5.61. The van der Waals surface area contributed by atoms with Gasteiger partial charge >= 0.3 is 5.97 Å². The summed E-state index contributed by atoms with van der Waals surface area (Å²) in [5, 5.41) is 8.55. The first-order valence-corrected chi connectivity index (χ1v) is 4.12. The number of nitrogens with zero attached hydrogens (tertiary/aromatic N) is 1. The van der Waals surface area contributed by atoms with Gasteiger partial charge in [0.15, 0.2) is 0 Å². The zero-order valence-electron chi connectivity index (χ0n) is 7.49. The summed E-state index contributed by atoms with van der Waals surface area (Å²) >= 11 is 0. The van der Waals surface area contributed by atoms with Crippen LogP contribution in [0.1, 0.15) is 13.3 Å². The quantitative estimate of drug-likeness (QED) is 0.659. The molecule has 70 valence electrons. The molecule has 0 spiro atoms. The van der Waals surface area contributed by atoms with Crippen molar-refractivity contribution in [3.8, 4) is 0 Å². The molecule has 0 aromatic rings. The largest absolute Gasteiger partial charge is 0.481 e. The number of carboxylic acid groups (broad SMARTS) is 1. The number of carbonyl (C=O) groups is 1. The normalized spacial score (nSPS) is 20.6. The highest BCUT2D eigenvalue weighted by Crippen LogP contribution is 2.13. The number of likely N-dealkylation sites (N-methyl/N-ethyl adjacent to an activating group) is 1. The van der Waals surface area contributed by atoms with Gasteiger partial charge in [0.25, 0.3) is 0 Å². The van der Waals surface area contributed by atoms with E-state index in [2.05, 4.69) is 4.90 Å². The third-order valence-electron chi connectivity index (χ3n) is 2.36. The zero-order chi connectivity index (χ0) is 9.14. The van der Waals surface area contributed by atoms with Gasteiger partial charge in [-0.2, -0.15) is 0 Å². The molecule has 0 aromatic carbocycles. The Morgan fingerprint density at radius 1 is 1.75 bits per heavy atom. The van der Waals surface area contributed by atoms with E-state index in [1.807, 2.05) is 14.0 Å². The van der Waals surface area contributed by atoms with Crippen molar-refractivity contribution in [2.75, 3.05) is 20.3 Å². The molecule has 0 bridgehead atoms. The maximum absolute atomic E-state index is 10.4. The van der Waals surface area contributed by atoms with Crippen LogP contribution in [0.5, 0.6) is 0 Å². The summed E-state index contributed by atoms with van der Waals surface area (Å²) in [5.41, 5.74) is 0. The van der Waals surface area contributed by atoms with Gasteiger partial charge < -0.3 is 9.84 Å². The first-order valence-electron chi connectivity index (χ1n) is 4.12. The Balaban J connectivity index is 2.29. The van der Waals surface area contributed by atoms with E-state index in [0.717, 1.165) is 13.2 Å². The van der Waals surface area contributed by atoms with E-state index in [0.29, 0.717) is 6.04 Å². The summed E-state index contributed by atoms with van der Waals surface area (Å²) < 4.78 is 5.02. The van der Waals surface area contributed by atoms with Gasteiger partial charge in [-0.1, -0.05) is 0 Å². The van der Waals surface area contributed by atoms with Crippen LogP contribution in [-0.2, 0) is 9.53 Å². The fourth-order valence-electron chi connectivity index (χ4n) is 1.21. The van der Waals surface area contributed by atoms with Crippen LogP contribution in [0.4, 0.5) is 0 Å². The molecule has 1 fully saturated rings. The van der Waals surface area contributed by atoms with Crippen LogP contribution in [0.15, 0.2) is 0 Å². The highest BCUT2D eigenvalue weighted by molar-refractivity contribution is 5.67. The predicted octanol–water partition coefficient (Wildman–Crippen LogP) is 0.180. The van der Waals surface area contributed by atoms with Gasteiger partial charge in [-0.05, 0) is 14.0 Å². The van der Waals surface area contributed by atoms with Gasteiger partial charge in [0.2, 0.25) is 0 Å². The number of aliphatic carboxylic acids is 1. The van der Waals surface area contributed by atoms with Crippen LogP contribution in [0.25, 0.3) is 0 Å². The lowest BCUT2D eigenvalue weighted by Crippen LogP contribution is -2.50. The fourth-order valence-corrected chi connectivity index (χ4v) is 1.21. The van der Waals surface area contributed by atoms with Gasteiger partial charge in [0.05, 0.1) is 25.7 Å². The molecule has 0 saturated carbocycles. The van der Waals surface area contributed by atoms with E-state index in [1.54, 1.807) is 0 Å². The van der Waals surface area contributed by atoms with Crippen LogP contribution in [-0.4, -0.2) is 48.3 Å². The molecule has 4 nitrogen and oxygen atoms in total. The monoisotopic (exact) mass is 173 g/mol. The van der Waals surface area contributed by atoms with Crippen molar-refractivity contribution in [3.05, 3.63) is 0 Å². The lowest BCUT2D eigenvalue weighted by atomic mass is 10.1. The van der Waals surface area contributed by atoms with Gasteiger partial charge in [0, 0.05) is 6.04 Å². The number of ether oxygens (including phenoxy) is 1. The smallest absolute Gasteiger partial charge is 0.304 e. The molecule has 1 rings (SSSR count). The van der Waals surface area contributed by atoms with Crippen LogP contribution in [0, 0.1) is 0 Å². The molecule has 4 heteroatoms. The number of carboxylic acids is 1. The van der Waals surface area contributed by atoms with E-state index in [4.69, 9.17) is 9.84 Å². The Bertz CT molecular complexity index is 168. The topological polar surface area (TPSA) is 49.8 Å². The Hall–Kier alpha value is -0.610. The third kappa shape index (κ3) is 2.19. The van der Waals surface area contributed by atoms with Crippen molar-refractivity contribution in [2.24, 2.45) is 0 Å². The van der Waals surface area contributed by atoms with E-state index < -0.39 is 5.97 Å². The molecule has 1 saturated heterocycles. The molecule has 1 atom stereocenters. The molecule has 1 aliphatic heterocycles. The van der Waals surface area contributed by atoms with Gasteiger partial charge in [-0.25, -0.2) is 0 Å². The molecule has 1 heterocycles. The molecule has 0 radical (unpaired) electrons. The second-order valence-electron chi connectivity index (χ2n) is 3.30. The minimum absolute atomic E-state index is 0.0939. The molecule has 0 aliphatic carbocycles. The van der Waals surface area contributed by atoms with Crippen LogP contribution >= 0.6 is 0 Å². The molecule has 1 unspecified atom stereocenters. The Kier molecular flexibility index (Phi) is 3.05. The second kappa shape index (κ2) is 3.87. The lowest BCUT2D eigenvalue weighted by Gasteiger charge is -2.37. The number of rotatable bonds is 4. The Morgan fingerprint density at radius 3 is 2.67 bits per heavy atom. The van der Waals surface area contributed by atoms with Gasteiger partial charge in [-0.3, -0.25) is 9.69 Å². The van der Waals surface area contributed by atoms with Gasteiger partial charge in [0.1, 0.15) is 0 Å². The summed E-state index contributed by atoms with van der Waals surface area (Å²) in [6.45, 7) is 3.40. The number of hydrogen-bond donors (Lipinski definition) is 1. The van der Waals surface area contributed by atoms with Crippen molar-refractivity contribution in [1.29, 1.82) is 0 Å². The Morgan fingerprint density at radius 2 is 2.33 bits per heavy atom.